The molecular weight excluding hydrogens is 778 g/mol. The molecule has 5 rings (SSSR count). The number of aryl methyl sites for hydroxylation is 1. The predicted octanol–water partition coefficient (Wildman–Crippen LogP) is 3.29. The van der Waals surface area contributed by atoms with Crippen LogP contribution in [0.2, 0.25) is 0 Å². The number of carbonyl (C=O) groups is 3. The molecule has 5 heterocycles. The number of ether oxygens (including phenoxy) is 5. The van der Waals surface area contributed by atoms with Crippen LogP contribution in [0.15, 0.2) is 17.3 Å². The second-order valence-corrected chi connectivity index (χ2v) is 17.0. The van der Waals surface area contributed by atoms with Crippen molar-refractivity contribution in [1.82, 2.24) is 30.4 Å². The van der Waals surface area contributed by atoms with Crippen LogP contribution in [0, 0.1) is 29.6 Å². The number of alkyl halides is 1. The third kappa shape index (κ3) is 9.69. The molecule has 3 saturated heterocycles. The Labute approximate surface area is 342 Å². The molecule has 19 heteroatoms. The summed E-state index contributed by atoms with van der Waals surface area (Å²) >= 11 is 1.37. The van der Waals surface area contributed by atoms with Crippen LogP contribution < -0.4 is 5.32 Å². The van der Waals surface area contributed by atoms with E-state index in [1.165, 1.54) is 30.2 Å². The highest BCUT2D eigenvalue weighted by molar-refractivity contribution is 7.15. The maximum Gasteiger partial charge on any atom is 0.407 e. The summed E-state index contributed by atoms with van der Waals surface area (Å²) in [7, 11) is 6.73. The minimum atomic E-state index is -3.18. The zero-order valence-electron chi connectivity index (χ0n) is 34.9. The molecular formula is C39H56FN7O10S. The first kappa shape index (κ1) is 45.0. The number of Topliss-reactive ketones (excluding diaryl/α,β-unsaturated/α-hetero) is 1. The number of likely N-dealkylation sites (N-methyl/N-ethyl adjacent to an activating group) is 1. The number of aliphatic hydroxyl groups excluding tert-OH is 1. The quantitative estimate of drug-likeness (QED) is 0.170. The van der Waals surface area contributed by atoms with Gasteiger partial charge in [-0.05, 0) is 71.5 Å². The van der Waals surface area contributed by atoms with Crippen LogP contribution >= 0.6 is 11.3 Å². The molecule has 0 spiro atoms. The number of fused-ring (bicyclic) bond motifs is 1. The van der Waals surface area contributed by atoms with E-state index in [0.29, 0.717) is 22.8 Å². The summed E-state index contributed by atoms with van der Waals surface area (Å²) in [6, 6.07) is 2.50. The van der Waals surface area contributed by atoms with Crippen molar-refractivity contribution in [3.05, 3.63) is 17.0 Å². The van der Waals surface area contributed by atoms with E-state index in [-0.39, 0.29) is 31.6 Å². The van der Waals surface area contributed by atoms with Crippen molar-refractivity contribution in [2.45, 2.75) is 128 Å². The number of rotatable bonds is 8. The van der Waals surface area contributed by atoms with E-state index in [0.717, 1.165) is 11.8 Å². The van der Waals surface area contributed by atoms with Crippen molar-refractivity contribution in [2.75, 3.05) is 27.8 Å². The number of alkyl carbamates (subject to hydrolysis) is 1. The zero-order chi connectivity index (χ0) is 42.7. The SMILES string of the molecule is CC[C@@H]1OC(=O)[C@@](C)(F)C(=O)[C@H](C)[C@@H](OC2O[C@H](C)C[C@H](N(C)C)C2O)[C@@](C)(OCC#Cc2ccc(-c3nnn(C)n3)s2)C[C@@H](C)/C(=N\OC)[C@@H](C)[C@H]2NC(=O)O[C@@H]21. The van der Waals surface area contributed by atoms with Crippen molar-refractivity contribution >= 4 is 34.9 Å². The van der Waals surface area contributed by atoms with Crippen LogP contribution in [0.25, 0.3) is 10.7 Å². The number of esters is 1. The van der Waals surface area contributed by atoms with Gasteiger partial charge in [0.1, 0.15) is 25.9 Å². The van der Waals surface area contributed by atoms with E-state index in [2.05, 4.69) is 37.7 Å². The van der Waals surface area contributed by atoms with Gasteiger partial charge in [-0.2, -0.15) is 4.80 Å². The molecule has 13 atom stereocenters. The average molecular weight is 834 g/mol. The largest absolute Gasteiger partial charge is 0.456 e. The van der Waals surface area contributed by atoms with Crippen LogP contribution in [0.5, 0.6) is 0 Å². The summed E-state index contributed by atoms with van der Waals surface area (Å²) in [5, 5.41) is 31.0. The molecule has 58 heavy (non-hydrogen) atoms. The normalized spacial score (nSPS) is 37.0. The molecule has 3 fully saturated rings. The predicted molar refractivity (Wildman–Crippen MR) is 209 cm³/mol. The van der Waals surface area contributed by atoms with Crippen LogP contribution in [0.3, 0.4) is 0 Å². The average Bonchev–Trinajstić information content (AvgIpc) is 3.93. The second-order valence-electron chi connectivity index (χ2n) is 15.9. The number of halogens is 1. The number of carbonyl (C=O) groups excluding carboxylic acids is 3. The number of tetrazole rings is 1. The van der Waals surface area contributed by atoms with Gasteiger partial charge in [-0.1, -0.05) is 44.7 Å². The Morgan fingerprint density at radius 3 is 2.52 bits per heavy atom. The van der Waals surface area contributed by atoms with E-state index in [1.54, 1.807) is 20.9 Å². The molecule has 2 aromatic rings. The fourth-order valence-electron chi connectivity index (χ4n) is 8.17. The van der Waals surface area contributed by atoms with Gasteiger partial charge in [0.25, 0.3) is 5.67 Å². The minimum absolute atomic E-state index is 0.0807. The van der Waals surface area contributed by atoms with Crippen molar-refractivity contribution in [3.8, 4) is 22.5 Å². The molecule has 0 saturated carbocycles. The number of hydrogen-bond donors (Lipinski definition) is 2. The number of ketones is 1. The maximum absolute atomic E-state index is 16.9. The number of nitrogens with zero attached hydrogens (tertiary/aromatic N) is 6. The van der Waals surface area contributed by atoms with E-state index < -0.39 is 83.6 Å². The van der Waals surface area contributed by atoms with Crippen molar-refractivity contribution in [3.63, 3.8) is 0 Å². The monoisotopic (exact) mass is 833 g/mol. The molecule has 2 aromatic heterocycles. The Balaban J connectivity index is 1.60. The number of cyclic esters (lactones) is 1. The minimum Gasteiger partial charge on any atom is -0.456 e. The molecule has 0 aliphatic carbocycles. The summed E-state index contributed by atoms with van der Waals surface area (Å²) in [6.07, 6.45) is -6.34. The number of aliphatic hydroxyl groups is 1. The molecule has 0 bridgehead atoms. The number of amides is 1. The highest BCUT2D eigenvalue weighted by Crippen LogP contribution is 2.39. The maximum atomic E-state index is 16.9. The molecule has 3 aliphatic heterocycles. The smallest absolute Gasteiger partial charge is 0.407 e. The molecule has 3 aliphatic rings. The molecule has 2 N–H and O–H groups in total. The van der Waals surface area contributed by atoms with Gasteiger partial charge in [0.05, 0.1) is 46.4 Å². The third-order valence-corrected chi connectivity index (χ3v) is 12.2. The Morgan fingerprint density at radius 2 is 1.88 bits per heavy atom. The topological polar surface area (TPSA) is 198 Å². The van der Waals surface area contributed by atoms with Gasteiger partial charge in [0, 0.05) is 23.8 Å². The lowest BCUT2D eigenvalue weighted by Crippen LogP contribution is -2.61. The van der Waals surface area contributed by atoms with Crippen LogP contribution in [0.4, 0.5) is 9.18 Å². The number of oxime groups is 1. The van der Waals surface area contributed by atoms with Crippen LogP contribution in [0.1, 0.15) is 72.6 Å². The molecule has 0 aromatic carbocycles. The summed E-state index contributed by atoms with van der Waals surface area (Å²) in [5.41, 5.74) is -4.19. The van der Waals surface area contributed by atoms with E-state index in [4.69, 9.17) is 28.5 Å². The van der Waals surface area contributed by atoms with Gasteiger partial charge in [0.2, 0.25) is 5.82 Å². The third-order valence-electron chi connectivity index (χ3n) is 11.2. The summed E-state index contributed by atoms with van der Waals surface area (Å²) in [4.78, 5) is 50.9. The zero-order valence-corrected chi connectivity index (χ0v) is 35.7. The molecule has 320 valence electrons. The standard InChI is InChI=1S/C39H56FN7O10S/c1-12-26-31-29(41-37(51)56-31)22(4)28(44-52-11)20(2)19-38(6,53-17-13-14-24-15-16-27(58-24)34-42-45-47(10)43-34)33(23(5)32(49)39(7,40)36(50)55-26)57-35-30(48)25(46(8)9)18-21(3)54-35/h15-16,20-23,25-26,29-31,33,35,48H,12,17-19H2,1-11H3,(H,41,51)/b44-28+/t20-,21-,22-,23+,25+,26+,29-,30?,31-,33-,35?,38+,39+/m1/s1. The number of hydrogen-bond acceptors (Lipinski definition) is 16. The lowest BCUT2D eigenvalue weighted by atomic mass is 9.74. The lowest BCUT2D eigenvalue weighted by Gasteiger charge is -2.47. The van der Waals surface area contributed by atoms with Gasteiger partial charge in [-0.25, -0.2) is 14.0 Å². The van der Waals surface area contributed by atoms with E-state index >= 15 is 4.39 Å². The fraction of sp³-hybridized carbons (Fsp3) is 0.718. The summed E-state index contributed by atoms with van der Waals surface area (Å²) < 4.78 is 47.6. The Kier molecular flexibility index (Phi) is 14.3. The highest BCUT2D eigenvalue weighted by atomic mass is 32.1. The van der Waals surface area contributed by atoms with Gasteiger partial charge in [-0.3, -0.25) is 4.79 Å². The number of thiophene rings is 1. The summed E-state index contributed by atoms with van der Waals surface area (Å²) in [5.74, 6) is 1.55. The van der Waals surface area contributed by atoms with Crippen molar-refractivity contribution in [2.24, 2.45) is 30.0 Å². The van der Waals surface area contributed by atoms with Gasteiger partial charge >= 0.3 is 12.1 Å². The molecule has 17 nitrogen and oxygen atoms in total. The number of aromatic nitrogens is 4. The van der Waals surface area contributed by atoms with Gasteiger partial charge in [-0.15, -0.1) is 21.5 Å². The summed E-state index contributed by atoms with van der Waals surface area (Å²) in [6.45, 7) is 11.1. The van der Waals surface area contributed by atoms with E-state index in [9.17, 15) is 19.5 Å². The number of nitrogens with one attached hydrogen (secondary N) is 1. The van der Waals surface area contributed by atoms with E-state index in [1.807, 2.05) is 51.9 Å². The first-order chi connectivity index (χ1) is 27.3. The first-order valence-electron chi connectivity index (χ1n) is 19.5. The highest BCUT2D eigenvalue weighted by Gasteiger charge is 2.56. The van der Waals surface area contributed by atoms with Crippen LogP contribution in [-0.4, -0.2) is 142 Å². The van der Waals surface area contributed by atoms with Gasteiger partial charge in [0.15, 0.2) is 18.2 Å². The molecule has 2 unspecified atom stereocenters. The Bertz CT molecular complexity index is 1880. The Morgan fingerprint density at radius 1 is 1.16 bits per heavy atom. The Hall–Kier alpha value is -4.06. The molecule has 1 amide bonds. The fourth-order valence-corrected chi connectivity index (χ4v) is 8.97. The molecule has 0 radical (unpaired) electrons. The van der Waals surface area contributed by atoms with Crippen molar-refractivity contribution in [1.29, 1.82) is 0 Å². The van der Waals surface area contributed by atoms with Crippen LogP contribution in [-0.2, 0) is 45.2 Å². The first-order valence-corrected chi connectivity index (χ1v) is 20.3. The van der Waals surface area contributed by atoms with Gasteiger partial charge < -0.3 is 43.8 Å². The second kappa shape index (κ2) is 18.5. The lowest BCUT2D eigenvalue weighted by molar-refractivity contribution is -0.296. The van der Waals surface area contributed by atoms with Crippen molar-refractivity contribution < 1.29 is 52.4 Å².